The lowest BCUT2D eigenvalue weighted by Gasteiger charge is -2.03. The molecule has 0 aliphatic carbocycles. The topological polar surface area (TPSA) is 61.9 Å². The van der Waals surface area contributed by atoms with Gasteiger partial charge in [0, 0.05) is 12.1 Å². The zero-order valence-electron chi connectivity index (χ0n) is 12.5. The molecule has 0 saturated carbocycles. The molecule has 1 N–H and O–H groups in total. The number of aromatic nitrogens is 1. The molecule has 0 amide bonds. The summed E-state index contributed by atoms with van der Waals surface area (Å²) in [5, 5.41) is 12.3. The number of nitrogens with zero attached hydrogens (tertiary/aromatic N) is 2. The fourth-order valence-electron chi connectivity index (χ4n) is 2.12. The second-order valence-electron chi connectivity index (χ2n) is 5.15. The average molecular weight is 307 g/mol. The zero-order chi connectivity index (χ0) is 16.2. The molecule has 0 saturated heterocycles. The lowest BCUT2D eigenvalue weighted by molar-refractivity contribution is 0.584. The van der Waals surface area contributed by atoms with Crippen LogP contribution in [0.1, 0.15) is 16.8 Å². The Labute approximate surface area is 133 Å². The first-order valence-corrected chi connectivity index (χ1v) is 7.12. The molecule has 2 aromatic carbocycles. The highest BCUT2D eigenvalue weighted by atomic mass is 19.1. The highest BCUT2D eigenvalue weighted by Gasteiger charge is 2.14. The van der Waals surface area contributed by atoms with Crippen LogP contribution in [0.5, 0.6) is 0 Å². The minimum atomic E-state index is -0.335. The van der Waals surface area contributed by atoms with Crippen molar-refractivity contribution in [2.45, 2.75) is 13.5 Å². The highest BCUT2D eigenvalue weighted by molar-refractivity contribution is 5.58. The largest absolute Gasteiger partial charge is 0.419 e. The summed E-state index contributed by atoms with van der Waals surface area (Å²) in [6, 6.07) is 15.8. The van der Waals surface area contributed by atoms with E-state index in [-0.39, 0.29) is 17.4 Å². The van der Waals surface area contributed by atoms with Gasteiger partial charge in [0.05, 0.1) is 0 Å². The van der Waals surface area contributed by atoms with Crippen molar-refractivity contribution >= 4 is 5.88 Å². The predicted octanol–water partition coefficient (Wildman–Crippen LogP) is 4.27. The van der Waals surface area contributed by atoms with Gasteiger partial charge in [-0.15, -0.1) is 0 Å². The molecule has 0 fully saturated rings. The third-order valence-corrected chi connectivity index (χ3v) is 3.40. The summed E-state index contributed by atoms with van der Waals surface area (Å²) < 4.78 is 18.6. The van der Waals surface area contributed by atoms with Crippen molar-refractivity contribution in [3.8, 4) is 17.5 Å². The second kappa shape index (κ2) is 6.32. The van der Waals surface area contributed by atoms with Crippen molar-refractivity contribution in [3.63, 3.8) is 0 Å². The van der Waals surface area contributed by atoms with Crippen LogP contribution < -0.4 is 5.32 Å². The molecule has 0 aliphatic heterocycles. The van der Waals surface area contributed by atoms with E-state index in [9.17, 15) is 9.65 Å². The number of aryl methyl sites for hydroxylation is 1. The number of oxazole rings is 1. The molecule has 1 heterocycles. The Balaban J connectivity index is 1.80. The molecule has 0 bridgehead atoms. The first-order valence-electron chi connectivity index (χ1n) is 7.12. The maximum absolute atomic E-state index is 13.0. The Morgan fingerprint density at radius 1 is 1.13 bits per heavy atom. The Morgan fingerprint density at radius 3 is 2.48 bits per heavy atom. The average Bonchev–Trinajstić information content (AvgIpc) is 2.98. The van der Waals surface area contributed by atoms with Gasteiger partial charge in [0.1, 0.15) is 11.9 Å². The summed E-state index contributed by atoms with van der Waals surface area (Å²) in [6.07, 6.45) is 0. The summed E-state index contributed by atoms with van der Waals surface area (Å²) in [5.41, 5.74) is 3.05. The van der Waals surface area contributed by atoms with E-state index >= 15 is 0 Å². The van der Waals surface area contributed by atoms with Crippen LogP contribution in [-0.4, -0.2) is 4.98 Å². The van der Waals surface area contributed by atoms with E-state index in [1.807, 2.05) is 37.3 Å². The van der Waals surface area contributed by atoms with Gasteiger partial charge in [0.2, 0.25) is 17.5 Å². The number of nitrogens with one attached hydrogen (secondary N) is 1. The first-order chi connectivity index (χ1) is 11.2. The molecule has 0 spiro atoms. The van der Waals surface area contributed by atoms with Crippen molar-refractivity contribution in [2.75, 3.05) is 5.32 Å². The molecule has 3 aromatic rings. The molecule has 0 aliphatic rings. The van der Waals surface area contributed by atoms with Crippen molar-refractivity contribution in [3.05, 3.63) is 71.2 Å². The number of halogens is 1. The van der Waals surface area contributed by atoms with Crippen LogP contribution in [-0.2, 0) is 6.54 Å². The normalized spacial score (nSPS) is 10.3. The van der Waals surface area contributed by atoms with Gasteiger partial charge in [-0.05, 0) is 36.8 Å². The number of anilines is 1. The van der Waals surface area contributed by atoms with Gasteiger partial charge in [-0.3, -0.25) is 0 Å². The predicted molar refractivity (Wildman–Crippen MR) is 85.1 cm³/mol. The summed E-state index contributed by atoms with van der Waals surface area (Å²) in [6.45, 7) is 2.55. The van der Waals surface area contributed by atoms with Gasteiger partial charge in [-0.1, -0.05) is 29.8 Å². The lowest BCUT2D eigenvalue weighted by Crippen LogP contribution is -1.99. The van der Waals surface area contributed by atoms with Crippen molar-refractivity contribution in [2.24, 2.45) is 0 Å². The van der Waals surface area contributed by atoms with E-state index in [1.165, 1.54) is 17.7 Å². The van der Waals surface area contributed by atoms with Crippen LogP contribution in [0.15, 0.2) is 52.9 Å². The minimum absolute atomic E-state index is 0.177. The third kappa shape index (κ3) is 3.38. The van der Waals surface area contributed by atoms with Gasteiger partial charge < -0.3 is 9.73 Å². The van der Waals surface area contributed by atoms with E-state index < -0.39 is 0 Å². The highest BCUT2D eigenvalue weighted by Crippen LogP contribution is 2.25. The fraction of sp³-hybridized carbons (Fsp3) is 0.111. The SMILES string of the molecule is Cc1ccc(CNc2oc(-c3ccc(F)cc3)nc2C#N)cc1. The molecule has 23 heavy (non-hydrogen) atoms. The third-order valence-electron chi connectivity index (χ3n) is 3.40. The molecule has 114 valence electrons. The molecule has 0 atom stereocenters. The summed E-state index contributed by atoms with van der Waals surface area (Å²) >= 11 is 0. The van der Waals surface area contributed by atoms with Crippen LogP contribution >= 0.6 is 0 Å². The van der Waals surface area contributed by atoms with Crippen LogP contribution in [0.4, 0.5) is 10.3 Å². The summed E-state index contributed by atoms with van der Waals surface area (Å²) in [4.78, 5) is 4.14. The molecule has 3 rings (SSSR count). The van der Waals surface area contributed by atoms with Gasteiger partial charge in [0.25, 0.3) is 0 Å². The maximum Gasteiger partial charge on any atom is 0.232 e. The Bertz CT molecular complexity index is 845. The quantitative estimate of drug-likeness (QED) is 0.781. The van der Waals surface area contributed by atoms with E-state index in [1.54, 1.807) is 12.1 Å². The van der Waals surface area contributed by atoms with Crippen LogP contribution in [0.3, 0.4) is 0 Å². The number of benzene rings is 2. The van der Waals surface area contributed by atoms with Crippen molar-refractivity contribution in [1.29, 1.82) is 5.26 Å². The fourth-order valence-corrected chi connectivity index (χ4v) is 2.12. The van der Waals surface area contributed by atoms with E-state index in [0.717, 1.165) is 5.56 Å². The molecular formula is C18H14FN3O. The standard InChI is InChI=1S/C18H14FN3O/c1-12-2-4-13(5-3-12)11-21-18-16(10-20)22-17(23-18)14-6-8-15(19)9-7-14/h2-9,21H,11H2,1H3. The maximum atomic E-state index is 13.0. The molecule has 0 radical (unpaired) electrons. The van der Waals surface area contributed by atoms with Crippen molar-refractivity contribution in [1.82, 2.24) is 4.98 Å². The van der Waals surface area contributed by atoms with Gasteiger partial charge in [-0.25, -0.2) is 4.39 Å². The van der Waals surface area contributed by atoms with Crippen molar-refractivity contribution < 1.29 is 8.81 Å². The Hall–Kier alpha value is -3.13. The molecule has 4 nitrogen and oxygen atoms in total. The second-order valence-corrected chi connectivity index (χ2v) is 5.15. The van der Waals surface area contributed by atoms with E-state index in [2.05, 4.69) is 10.3 Å². The Morgan fingerprint density at radius 2 is 1.83 bits per heavy atom. The number of rotatable bonds is 4. The number of nitriles is 1. The number of hydrogen-bond donors (Lipinski definition) is 1. The van der Waals surface area contributed by atoms with Crippen LogP contribution in [0, 0.1) is 24.1 Å². The number of hydrogen-bond acceptors (Lipinski definition) is 4. The van der Waals surface area contributed by atoms with E-state index in [4.69, 9.17) is 4.42 Å². The minimum Gasteiger partial charge on any atom is -0.419 e. The Kier molecular flexibility index (Phi) is 4.07. The summed E-state index contributed by atoms with van der Waals surface area (Å²) in [7, 11) is 0. The monoisotopic (exact) mass is 307 g/mol. The molecule has 5 heteroatoms. The smallest absolute Gasteiger partial charge is 0.232 e. The molecular weight excluding hydrogens is 293 g/mol. The first kappa shape index (κ1) is 14.8. The summed E-state index contributed by atoms with van der Waals surface area (Å²) in [5.74, 6) is 0.263. The molecule has 0 unspecified atom stereocenters. The van der Waals surface area contributed by atoms with Crippen LogP contribution in [0.25, 0.3) is 11.5 Å². The molecule has 1 aromatic heterocycles. The van der Waals surface area contributed by atoms with Gasteiger partial charge >= 0.3 is 0 Å². The van der Waals surface area contributed by atoms with Gasteiger partial charge in [0.15, 0.2) is 0 Å². The van der Waals surface area contributed by atoms with Crippen LogP contribution in [0.2, 0.25) is 0 Å². The zero-order valence-corrected chi connectivity index (χ0v) is 12.5. The lowest BCUT2D eigenvalue weighted by atomic mass is 10.1. The van der Waals surface area contributed by atoms with Gasteiger partial charge in [-0.2, -0.15) is 10.2 Å². The van der Waals surface area contributed by atoms with E-state index in [0.29, 0.717) is 18.0 Å².